The minimum atomic E-state index is -0.646. The molecule has 0 radical (unpaired) electrons. The van der Waals surface area contributed by atoms with Crippen molar-refractivity contribution in [2.75, 3.05) is 6.61 Å². The highest BCUT2D eigenvalue weighted by molar-refractivity contribution is 5.67. The molecule has 2 atom stereocenters. The zero-order valence-electron chi connectivity index (χ0n) is 12.9. The molecule has 1 aliphatic rings. The van der Waals surface area contributed by atoms with Crippen molar-refractivity contribution in [3.63, 3.8) is 0 Å². The highest BCUT2D eigenvalue weighted by Gasteiger charge is 2.34. The van der Waals surface area contributed by atoms with Crippen LogP contribution in [-0.2, 0) is 22.5 Å². The Morgan fingerprint density at radius 3 is 2.46 bits per heavy atom. The number of nitrogens with one attached hydrogen (secondary N) is 1. The third-order valence-corrected chi connectivity index (χ3v) is 3.70. The first kappa shape index (κ1) is 16.4. The number of carbonyl (C=O) groups excluding carboxylic acids is 1. The van der Waals surface area contributed by atoms with Crippen LogP contribution in [0.25, 0.3) is 0 Å². The molecular formula is C18H17F2NO3. The van der Waals surface area contributed by atoms with Gasteiger partial charge in [0, 0.05) is 6.07 Å². The Hall–Kier alpha value is -2.47. The number of amides is 1. The molecule has 0 saturated carbocycles. The Labute approximate surface area is 138 Å². The maximum absolute atomic E-state index is 13.3. The maximum atomic E-state index is 13.3. The third kappa shape index (κ3) is 4.76. The van der Waals surface area contributed by atoms with E-state index in [0.29, 0.717) is 12.2 Å². The Kier molecular flexibility index (Phi) is 5.05. The quantitative estimate of drug-likeness (QED) is 0.826. The second-order valence-corrected chi connectivity index (χ2v) is 5.67. The minimum Gasteiger partial charge on any atom is -0.445 e. The molecule has 1 saturated heterocycles. The molecule has 1 N–H and O–H groups in total. The van der Waals surface area contributed by atoms with E-state index < -0.39 is 23.8 Å². The average molecular weight is 333 g/mol. The second kappa shape index (κ2) is 7.40. The fourth-order valence-corrected chi connectivity index (χ4v) is 2.46. The highest BCUT2D eigenvalue weighted by Crippen LogP contribution is 2.19. The Balaban J connectivity index is 1.56. The molecule has 0 bridgehead atoms. The minimum absolute atomic E-state index is 0.152. The van der Waals surface area contributed by atoms with Crippen molar-refractivity contribution in [3.8, 4) is 0 Å². The summed E-state index contributed by atoms with van der Waals surface area (Å²) in [7, 11) is 0. The van der Waals surface area contributed by atoms with Crippen LogP contribution in [0.2, 0.25) is 0 Å². The summed E-state index contributed by atoms with van der Waals surface area (Å²) in [6.07, 6.45) is -0.489. The van der Waals surface area contributed by atoms with Gasteiger partial charge in [-0.2, -0.15) is 0 Å². The summed E-state index contributed by atoms with van der Waals surface area (Å²) in [6, 6.07) is 12.2. The van der Waals surface area contributed by atoms with E-state index in [0.717, 1.165) is 11.6 Å². The van der Waals surface area contributed by atoms with Crippen molar-refractivity contribution >= 4 is 6.09 Å². The van der Waals surface area contributed by atoms with E-state index in [4.69, 9.17) is 9.47 Å². The third-order valence-electron chi connectivity index (χ3n) is 3.70. The molecular weight excluding hydrogens is 316 g/mol. The van der Waals surface area contributed by atoms with E-state index in [1.807, 2.05) is 30.3 Å². The Morgan fingerprint density at radius 2 is 1.83 bits per heavy atom. The first-order valence-corrected chi connectivity index (χ1v) is 7.64. The average Bonchev–Trinajstić information content (AvgIpc) is 3.37. The topological polar surface area (TPSA) is 50.9 Å². The van der Waals surface area contributed by atoms with Crippen LogP contribution in [0.3, 0.4) is 0 Å². The van der Waals surface area contributed by atoms with Gasteiger partial charge in [0.25, 0.3) is 0 Å². The van der Waals surface area contributed by atoms with Crippen molar-refractivity contribution in [2.45, 2.75) is 25.2 Å². The van der Waals surface area contributed by atoms with E-state index in [1.54, 1.807) is 0 Å². The molecule has 1 heterocycles. The summed E-state index contributed by atoms with van der Waals surface area (Å²) in [5, 5.41) is 2.71. The summed E-state index contributed by atoms with van der Waals surface area (Å²) in [6.45, 7) is 0.654. The first-order chi connectivity index (χ1) is 11.6. The number of rotatable bonds is 6. The summed E-state index contributed by atoms with van der Waals surface area (Å²) in [4.78, 5) is 11.9. The van der Waals surface area contributed by atoms with Gasteiger partial charge in [-0.1, -0.05) is 30.3 Å². The lowest BCUT2D eigenvalue weighted by Crippen LogP contribution is -2.40. The molecule has 1 aliphatic heterocycles. The normalized spacial score (nSPS) is 17.2. The van der Waals surface area contributed by atoms with Gasteiger partial charge in [-0.05, 0) is 29.7 Å². The molecule has 0 aromatic heterocycles. The van der Waals surface area contributed by atoms with Gasteiger partial charge >= 0.3 is 6.09 Å². The van der Waals surface area contributed by atoms with Gasteiger partial charge in [0.05, 0.1) is 12.6 Å². The molecule has 4 nitrogen and oxygen atoms in total. The van der Waals surface area contributed by atoms with Gasteiger partial charge in [0.1, 0.15) is 24.3 Å². The summed E-state index contributed by atoms with van der Waals surface area (Å²) in [5.41, 5.74) is 1.33. The fraction of sp³-hybridized carbons (Fsp3) is 0.278. The fourth-order valence-electron chi connectivity index (χ4n) is 2.46. The van der Waals surface area contributed by atoms with Crippen LogP contribution < -0.4 is 5.32 Å². The standard InChI is InChI=1S/C18H17F2NO3/c19-14-6-13(7-15(20)9-14)8-16(17-11-23-17)21-18(22)24-10-12-4-2-1-3-5-12/h1-7,9,16-17H,8,10-11H2,(H,21,22)/t16-,17-/m0/s1. The zero-order chi connectivity index (χ0) is 16.9. The number of benzene rings is 2. The maximum Gasteiger partial charge on any atom is 0.407 e. The largest absolute Gasteiger partial charge is 0.445 e. The molecule has 6 heteroatoms. The first-order valence-electron chi connectivity index (χ1n) is 7.64. The van der Waals surface area contributed by atoms with Crippen LogP contribution in [0.1, 0.15) is 11.1 Å². The number of epoxide rings is 1. The smallest absolute Gasteiger partial charge is 0.407 e. The molecule has 1 fully saturated rings. The molecule has 0 spiro atoms. The molecule has 0 aliphatic carbocycles. The van der Waals surface area contributed by atoms with Gasteiger partial charge in [0.15, 0.2) is 0 Å². The lowest BCUT2D eigenvalue weighted by Gasteiger charge is -2.17. The van der Waals surface area contributed by atoms with Crippen LogP contribution >= 0.6 is 0 Å². The molecule has 1 amide bonds. The van der Waals surface area contributed by atoms with Crippen LogP contribution in [-0.4, -0.2) is 24.8 Å². The highest BCUT2D eigenvalue weighted by atomic mass is 19.1. The van der Waals surface area contributed by atoms with Gasteiger partial charge in [0.2, 0.25) is 0 Å². The van der Waals surface area contributed by atoms with Crippen molar-refractivity contribution < 1.29 is 23.0 Å². The number of carbonyl (C=O) groups is 1. The Bertz CT molecular complexity index is 684. The van der Waals surface area contributed by atoms with Gasteiger partial charge in [-0.15, -0.1) is 0 Å². The second-order valence-electron chi connectivity index (χ2n) is 5.67. The van der Waals surface area contributed by atoms with E-state index in [9.17, 15) is 13.6 Å². The number of hydrogen-bond acceptors (Lipinski definition) is 3. The van der Waals surface area contributed by atoms with Crippen molar-refractivity contribution in [1.29, 1.82) is 0 Å². The predicted molar refractivity (Wildman–Crippen MR) is 83.4 cm³/mol. The van der Waals surface area contributed by atoms with Crippen LogP contribution in [0.15, 0.2) is 48.5 Å². The molecule has 3 rings (SSSR count). The van der Waals surface area contributed by atoms with Crippen LogP contribution in [0.4, 0.5) is 13.6 Å². The van der Waals surface area contributed by atoms with E-state index in [1.165, 1.54) is 12.1 Å². The van der Waals surface area contributed by atoms with Crippen molar-refractivity contribution in [1.82, 2.24) is 5.32 Å². The number of ether oxygens (including phenoxy) is 2. The zero-order valence-corrected chi connectivity index (χ0v) is 12.9. The van der Waals surface area contributed by atoms with E-state index in [-0.39, 0.29) is 19.1 Å². The lowest BCUT2D eigenvalue weighted by molar-refractivity contribution is 0.133. The molecule has 2 aromatic carbocycles. The van der Waals surface area contributed by atoms with Crippen molar-refractivity contribution in [3.05, 3.63) is 71.3 Å². The molecule has 126 valence electrons. The number of alkyl carbamates (subject to hydrolysis) is 1. The molecule has 0 unspecified atom stereocenters. The number of hydrogen-bond donors (Lipinski definition) is 1. The monoisotopic (exact) mass is 333 g/mol. The van der Waals surface area contributed by atoms with E-state index in [2.05, 4.69) is 5.32 Å². The van der Waals surface area contributed by atoms with Gasteiger partial charge in [-0.3, -0.25) is 0 Å². The predicted octanol–water partition coefficient (Wildman–Crippen LogP) is 3.20. The lowest BCUT2D eigenvalue weighted by atomic mass is 10.0. The SMILES string of the molecule is O=C(N[C@@H](Cc1cc(F)cc(F)c1)[C@@H]1CO1)OCc1ccccc1. The molecule has 2 aromatic rings. The van der Waals surface area contributed by atoms with Crippen LogP contribution in [0, 0.1) is 11.6 Å². The summed E-state index contributed by atoms with van der Waals surface area (Å²) < 4.78 is 36.9. The van der Waals surface area contributed by atoms with Gasteiger partial charge < -0.3 is 14.8 Å². The van der Waals surface area contributed by atoms with Crippen LogP contribution in [0.5, 0.6) is 0 Å². The summed E-state index contributed by atoms with van der Waals surface area (Å²) in [5.74, 6) is -1.29. The number of halogens is 2. The van der Waals surface area contributed by atoms with Gasteiger partial charge in [-0.25, -0.2) is 13.6 Å². The molecule has 24 heavy (non-hydrogen) atoms. The summed E-state index contributed by atoms with van der Waals surface area (Å²) >= 11 is 0. The van der Waals surface area contributed by atoms with E-state index >= 15 is 0 Å². The Morgan fingerprint density at radius 1 is 1.17 bits per heavy atom. The van der Waals surface area contributed by atoms with Crippen molar-refractivity contribution in [2.24, 2.45) is 0 Å².